The lowest BCUT2D eigenvalue weighted by atomic mass is 10.0. The van der Waals surface area contributed by atoms with E-state index in [1.54, 1.807) is 6.20 Å². The Morgan fingerprint density at radius 2 is 2.18 bits per heavy atom. The zero-order valence-corrected chi connectivity index (χ0v) is 13.9. The second-order valence-electron chi connectivity index (χ2n) is 5.67. The van der Waals surface area contributed by atoms with Crippen molar-refractivity contribution in [2.75, 3.05) is 24.2 Å². The molecule has 2 heterocycles. The minimum atomic E-state index is -3.19. The number of sulfonamides is 1. The summed E-state index contributed by atoms with van der Waals surface area (Å²) in [7, 11) is -3.19. The zero-order chi connectivity index (χ0) is 15.7. The minimum Gasteiger partial charge on any atom is -0.369 e. The van der Waals surface area contributed by atoms with Gasteiger partial charge in [-0.25, -0.2) is 13.1 Å². The highest BCUT2D eigenvalue weighted by Gasteiger charge is 2.23. The fourth-order valence-corrected chi connectivity index (χ4v) is 3.94. The molecule has 1 aliphatic heterocycles. The van der Waals surface area contributed by atoms with Gasteiger partial charge in [0, 0.05) is 41.4 Å². The van der Waals surface area contributed by atoms with Gasteiger partial charge < -0.3 is 4.90 Å². The van der Waals surface area contributed by atoms with Gasteiger partial charge in [0.15, 0.2) is 0 Å². The number of nitrogens with zero attached hydrogens (tertiary/aromatic N) is 2. The van der Waals surface area contributed by atoms with Crippen molar-refractivity contribution in [3.63, 3.8) is 0 Å². The topological polar surface area (TPSA) is 62.3 Å². The number of pyridine rings is 1. The molecule has 1 N–H and O–H groups in total. The molecule has 0 aliphatic carbocycles. The number of anilines is 1. The van der Waals surface area contributed by atoms with E-state index in [1.807, 2.05) is 24.3 Å². The number of fused-ring (bicyclic) bond motifs is 1. The van der Waals surface area contributed by atoms with Gasteiger partial charge in [-0.3, -0.25) is 4.98 Å². The predicted octanol–water partition coefficient (Wildman–Crippen LogP) is 2.41. The highest BCUT2D eigenvalue weighted by molar-refractivity contribution is 7.88. The van der Waals surface area contributed by atoms with Crippen LogP contribution in [-0.4, -0.2) is 38.8 Å². The molecule has 0 saturated carbocycles. The summed E-state index contributed by atoms with van der Waals surface area (Å²) in [6, 6.07) is 7.53. The summed E-state index contributed by atoms with van der Waals surface area (Å²) < 4.78 is 25.6. The SMILES string of the molecule is CS(=O)(=O)N[C@@H]1CCCN(c2ccnc3ccc(Cl)cc23)C1. The first-order chi connectivity index (χ1) is 10.4. The molecule has 1 atom stereocenters. The Kier molecular flexibility index (Phi) is 4.25. The summed E-state index contributed by atoms with van der Waals surface area (Å²) in [5.74, 6) is 0. The molecule has 7 heteroatoms. The number of benzene rings is 1. The zero-order valence-electron chi connectivity index (χ0n) is 12.3. The van der Waals surface area contributed by atoms with Gasteiger partial charge in [0.2, 0.25) is 10.0 Å². The van der Waals surface area contributed by atoms with Gasteiger partial charge in [-0.1, -0.05) is 11.6 Å². The molecule has 0 bridgehead atoms. The molecule has 1 saturated heterocycles. The van der Waals surface area contributed by atoms with Crippen molar-refractivity contribution >= 4 is 38.2 Å². The Balaban J connectivity index is 1.92. The molecule has 118 valence electrons. The van der Waals surface area contributed by atoms with Gasteiger partial charge in [-0.2, -0.15) is 0 Å². The molecular formula is C15H18ClN3O2S. The van der Waals surface area contributed by atoms with Crippen LogP contribution in [0.4, 0.5) is 5.69 Å². The number of aromatic nitrogens is 1. The van der Waals surface area contributed by atoms with Crippen molar-refractivity contribution < 1.29 is 8.42 Å². The van der Waals surface area contributed by atoms with Gasteiger partial charge >= 0.3 is 0 Å². The third-order valence-electron chi connectivity index (χ3n) is 3.82. The number of piperidine rings is 1. The number of hydrogen-bond donors (Lipinski definition) is 1. The lowest BCUT2D eigenvalue weighted by Gasteiger charge is -2.35. The van der Waals surface area contributed by atoms with E-state index in [2.05, 4.69) is 14.6 Å². The summed E-state index contributed by atoms with van der Waals surface area (Å²) in [5.41, 5.74) is 1.94. The van der Waals surface area contributed by atoms with Crippen LogP contribution in [0.3, 0.4) is 0 Å². The van der Waals surface area contributed by atoms with Gasteiger partial charge in [0.05, 0.1) is 11.8 Å². The average Bonchev–Trinajstić information content (AvgIpc) is 2.45. The largest absolute Gasteiger partial charge is 0.369 e. The first-order valence-electron chi connectivity index (χ1n) is 7.19. The molecule has 1 aliphatic rings. The van der Waals surface area contributed by atoms with Crippen LogP contribution in [0.25, 0.3) is 10.9 Å². The normalized spacial score (nSPS) is 19.5. The van der Waals surface area contributed by atoms with Gasteiger partial charge in [0.25, 0.3) is 0 Å². The fraction of sp³-hybridized carbons (Fsp3) is 0.400. The number of hydrogen-bond acceptors (Lipinski definition) is 4. The van der Waals surface area contributed by atoms with Crippen LogP contribution < -0.4 is 9.62 Å². The first-order valence-corrected chi connectivity index (χ1v) is 9.46. The number of rotatable bonds is 3. The molecule has 1 aromatic carbocycles. The van der Waals surface area contributed by atoms with E-state index in [0.717, 1.165) is 36.0 Å². The molecular weight excluding hydrogens is 322 g/mol. The van der Waals surface area contributed by atoms with Crippen molar-refractivity contribution in [1.29, 1.82) is 0 Å². The predicted molar refractivity (Wildman–Crippen MR) is 90.0 cm³/mol. The maximum atomic E-state index is 11.4. The van der Waals surface area contributed by atoms with E-state index in [0.29, 0.717) is 11.6 Å². The number of nitrogens with one attached hydrogen (secondary N) is 1. The quantitative estimate of drug-likeness (QED) is 0.932. The first kappa shape index (κ1) is 15.5. The number of halogens is 1. The Hall–Kier alpha value is -1.37. The Morgan fingerprint density at radius 1 is 1.36 bits per heavy atom. The second kappa shape index (κ2) is 6.02. The van der Waals surface area contributed by atoms with Crippen molar-refractivity contribution in [3.8, 4) is 0 Å². The summed E-state index contributed by atoms with van der Waals surface area (Å²) >= 11 is 6.11. The van der Waals surface area contributed by atoms with Gasteiger partial charge in [-0.05, 0) is 37.1 Å². The maximum Gasteiger partial charge on any atom is 0.209 e. The molecule has 0 spiro atoms. The highest BCUT2D eigenvalue weighted by atomic mass is 35.5. The molecule has 0 radical (unpaired) electrons. The molecule has 0 unspecified atom stereocenters. The summed E-state index contributed by atoms with van der Waals surface area (Å²) in [6.45, 7) is 1.55. The molecule has 1 fully saturated rings. The minimum absolute atomic E-state index is 0.0638. The maximum absolute atomic E-state index is 11.4. The standard InChI is InChI=1S/C15H18ClN3O2S/c1-22(20,21)18-12-3-2-8-19(10-12)15-6-7-17-14-5-4-11(16)9-13(14)15/h4-7,9,12,18H,2-3,8,10H2,1H3/t12-/m1/s1. The van der Waals surface area contributed by atoms with Crippen LogP contribution in [0.1, 0.15) is 12.8 Å². The third-order valence-corrected chi connectivity index (χ3v) is 4.82. The Labute approximate surface area is 135 Å². The van der Waals surface area contributed by atoms with Crippen LogP contribution in [-0.2, 0) is 10.0 Å². The van der Waals surface area contributed by atoms with Crippen LogP contribution in [0.5, 0.6) is 0 Å². The third kappa shape index (κ3) is 3.51. The van der Waals surface area contributed by atoms with Crippen molar-refractivity contribution in [2.24, 2.45) is 0 Å². The molecule has 1 aromatic heterocycles. The fourth-order valence-electron chi connectivity index (χ4n) is 2.97. The Morgan fingerprint density at radius 3 is 2.95 bits per heavy atom. The Bertz CT molecular complexity index is 794. The summed E-state index contributed by atoms with van der Waals surface area (Å²) in [4.78, 5) is 6.56. The average molecular weight is 340 g/mol. The molecule has 5 nitrogen and oxygen atoms in total. The van der Waals surface area contributed by atoms with E-state index >= 15 is 0 Å². The van der Waals surface area contributed by atoms with E-state index in [1.165, 1.54) is 6.26 Å². The van der Waals surface area contributed by atoms with Crippen molar-refractivity contribution in [3.05, 3.63) is 35.5 Å². The second-order valence-corrected chi connectivity index (χ2v) is 7.88. The summed E-state index contributed by atoms with van der Waals surface area (Å²) in [5, 5.41) is 1.67. The van der Waals surface area contributed by atoms with E-state index in [9.17, 15) is 8.42 Å². The molecule has 2 aromatic rings. The molecule has 3 rings (SSSR count). The van der Waals surface area contributed by atoms with Crippen LogP contribution >= 0.6 is 11.6 Å². The van der Waals surface area contributed by atoms with Crippen LogP contribution in [0, 0.1) is 0 Å². The van der Waals surface area contributed by atoms with Crippen LogP contribution in [0.2, 0.25) is 5.02 Å². The lowest BCUT2D eigenvalue weighted by Crippen LogP contribution is -2.47. The lowest BCUT2D eigenvalue weighted by molar-refractivity contribution is 0.468. The monoisotopic (exact) mass is 339 g/mol. The molecule has 22 heavy (non-hydrogen) atoms. The smallest absolute Gasteiger partial charge is 0.209 e. The molecule has 0 amide bonds. The van der Waals surface area contributed by atoms with Crippen molar-refractivity contribution in [2.45, 2.75) is 18.9 Å². The van der Waals surface area contributed by atoms with E-state index in [-0.39, 0.29) is 6.04 Å². The van der Waals surface area contributed by atoms with Crippen molar-refractivity contribution in [1.82, 2.24) is 9.71 Å². The van der Waals surface area contributed by atoms with E-state index < -0.39 is 10.0 Å². The van der Waals surface area contributed by atoms with Crippen LogP contribution in [0.15, 0.2) is 30.5 Å². The highest BCUT2D eigenvalue weighted by Crippen LogP contribution is 2.29. The van der Waals surface area contributed by atoms with Gasteiger partial charge in [0.1, 0.15) is 0 Å². The van der Waals surface area contributed by atoms with Gasteiger partial charge in [-0.15, -0.1) is 0 Å². The van der Waals surface area contributed by atoms with E-state index in [4.69, 9.17) is 11.6 Å². The summed E-state index contributed by atoms with van der Waals surface area (Å²) in [6.07, 6.45) is 4.78.